The second-order valence-corrected chi connectivity index (χ2v) is 6.80. The third-order valence-electron chi connectivity index (χ3n) is 4.15. The smallest absolute Gasteiger partial charge is 0.329 e. The van der Waals surface area contributed by atoms with Gasteiger partial charge in [-0.15, -0.1) is 0 Å². The number of nitrogens with one attached hydrogen (secondary N) is 3. The van der Waals surface area contributed by atoms with Crippen molar-refractivity contribution in [2.45, 2.75) is 6.92 Å². The van der Waals surface area contributed by atoms with Gasteiger partial charge in [-0.3, -0.25) is 14.4 Å². The quantitative estimate of drug-likeness (QED) is 0.304. The van der Waals surface area contributed by atoms with E-state index < -0.39 is 11.8 Å². The summed E-state index contributed by atoms with van der Waals surface area (Å²) < 4.78 is 5.50. The van der Waals surface area contributed by atoms with Crippen molar-refractivity contribution in [2.24, 2.45) is 5.10 Å². The largest absolute Gasteiger partial charge is 0.484 e. The number of carbonyl (C=O) groups is 3. The molecule has 3 aromatic carbocycles. The van der Waals surface area contributed by atoms with Crippen LogP contribution < -0.4 is 20.8 Å². The third kappa shape index (κ3) is 7.10. The van der Waals surface area contributed by atoms with Gasteiger partial charge in [0.15, 0.2) is 6.61 Å². The lowest BCUT2D eigenvalue weighted by molar-refractivity contribution is -0.136. The Morgan fingerprint density at radius 2 is 1.59 bits per heavy atom. The lowest BCUT2D eigenvalue weighted by Gasteiger charge is -2.08. The number of anilines is 2. The predicted octanol–water partition coefficient (Wildman–Crippen LogP) is 3.10. The minimum Gasteiger partial charge on any atom is -0.484 e. The predicted molar refractivity (Wildman–Crippen MR) is 123 cm³/mol. The Bertz CT molecular complexity index is 1130. The number of aryl methyl sites for hydroxylation is 1. The van der Waals surface area contributed by atoms with E-state index in [1.807, 2.05) is 31.2 Å². The van der Waals surface area contributed by atoms with E-state index in [1.165, 1.54) is 6.21 Å². The van der Waals surface area contributed by atoms with Crippen LogP contribution in [0.5, 0.6) is 5.75 Å². The molecule has 162 valence electrons. The Hall–Kier alpha value is -4.46. The Balaban J connectivity index is 1.47. The number of carbonyl (C=O) groups excluding carboxylic acids is 3. The van der Waals surface area contributed by atoms with E-state index >= 15 is 0 Å². The van der Waals surface area contributed by atoms with Crippen molar-refractivity contribution in [3.8, 4) is 5.75 Å². The SMILES string of the molecule is Cc1cccc(NC(=O)C(=O)N/N=C\c2cccc(OCC(=O)Nc3ccccc3)c2)c1. The zero-order valence-corrected chi connectivity index (χ0v) is 17.4. The van der Waals surface area contributed by atoms with Gasteiger partial charge in [-0.1, -0.05) is 42.5 Å². The highest BCUT2D eigenvalue weighted by Crippen LogP contribution is 2.13. The van der Waals surface area contributed by atoms with Crippen molar-refractivity contribution in [2.75, 3.05) is 17.2 Å². The molecule has 8 nitrogen and oxygen atoms in total. The van der Waals surface area contributed by atoms with Crippen LogP contribution in [-0.4, -0.2) is 30.5 Å². The average molecular weight is 430 g/mol. The number of para-hydroxylation sites is 1. The van der Waals surface area contributed by atoms with Crippen molar-refractivity contribution in [3.05, 3.63) is 90.0 Å². The molecule has 0 aliphatic heterocycles. The van der Waals surface area contributed by atoms with E-state index in [9.17, 15) is 14.4 Å². The first-order chi connectivity index (χ1) is 15.5. The van der Waals surface area contributed by atoms with Gasteiger partial charge < -0.3 is 15.4 Å². The zero-order valence-electron chi connectivity index (χ0n) is 17.4. The highest BCUT2D eigenvalue weighted by Gasteiger charge is 2.12. The fourth-order valence-electron chi connectivity index (χ4n) is 2.68. The molecule has 8 heteroatoms. The Morgan fingerprint density at radius 1 is 0.844 bits per heavy atom. The second kappa shape index (κ2) is 11.1. The number of hydrazone groups is 1. The summed E-state index contributed by atoms with van der Waals surface area (Å²) in [4.78, 5) is 35.8. The topological polar surface area (TPSA) is 109 Å². The lowest BCUT2D eigenvalue weighted by Crippen LogP contribution is -2.32. The second-order valence-electron chi connectivity index (χ2n) is 6.80. The number of amides is 3. The van der Waals surface area contributed by atoms with E-state index in [1.54, 1.807) is 54.6 Å². The number of hydrogen-bond acceptors (Lipinski definition) is 5. The van der Waals surface area contributed by atoms with Crippen LogP contribution in [0.3, 0.4) is 0 Å². The average Bonchev–Trinajstić information content (AvgIpc) is 2.78. The van der Waals surface area contributed by atoms with Crippen LogP contribution in [0.25, 0.3) is 0 Å². The Kier molecular flexibility index (Phi) is 7.69. The lowest BCUT2D eigenvalue weighted by atomic mass is 10.2. The standard InChI is InChI=1S/C24H22N4O4/c1-17-7-5-11-20(13-17)27-23(30)24(31)28-25-15-18-8-6-12-21(14-18)32-16-22(29)26-19-9-3-2-4-10-19/h2-15H,16H2,1H3,(H,26,29)(H,27,30)(H,28,31)/b25-15-. The van der Waals surface area contributed by atoms with E-state index in [4.69, 9.17) is 4.74 Å². The van der Waals surface area contributed by atoms with Crippen molar-refractivity contribution < 1.29 is 19.1 Å². The molecule has 0 bridgehead atoms. The van der Waals surface area contributed by atoms with Crippen molar-refractivity contribution in [3.63, 3.8) is 0 Å². The van der Waals surface area contributed by atoms with Gasteiger partial charge >= 0.3 is 11.8 Å². The van der Waals surface area contributed by atoms with Crippen molar-refractivity contribution in [1.82, 2.24) is 5.43 Å². The molecule has 0 unspecified atom stereocenters. The number of hydrogen-bond donors (Lipinski definition) is 3. The molecule has 0 saturated carbocycles. The van der Waals surface area contributed by atoms with Crippen LogP contribution >= 0.6 is 0 Å². The van der Waals surface area contributed by atoms with Crippen LogP contribution in [0.4, 0.5) is 11.4 Å². The summed E-state index contributed by atoms with van der Waals surface area (Å²) in [6.45, 7) is 1.72. The summed E-state index contributed by atoms with van der Waals surface area (Å²) in [5.74, 6) is -1.55. The molecule has 32 heavy (non-hydrogen) atoms. The molecule has 0 radical (unpaired) electrons. The number of rotatable bonds is 7. The molecule has 3 rings (SSSR count). The molecule has 0 heterocycles. The van der Waals surface area contributed by atoms with E-state index in [-0.39, 0.29) is 12.5 Å². The van der Waals surface area contributed by atoms with Gasteiger partial charge in [-0.25, -0.2) is 5.43 Å². The van der Waals surface area contributed by atoms with Gasteiger partial charge in [0.2, 0.25) is 0 Å². The fourth-order valence-corrected chi connectivity index (χ4v) is 2.68. The summed E-state index contributed by atoms with van der Waals surface area (Å²) >= 11 is 0. The summed E-state index contributed by atoms with van der Waals surface area (Å²) in [6, 6.07) is 23.0. The molecular formula is C24H22N4O4. The van der Waals surface area contributed by atoms with E-state index in [2.05, 4.69) is 21.2 Å². The van der Waals surface area contributed by atoms with Crippen LogP contribution in [-0.2, 0) is 14.4 Å². The molecule has 0 aliphatic carbocycles. The van der Waals surface area contributed by atoms with Gasteiger partial charge in [0.05, 0.1) is 6.21 Å². The molecule has 0 aliphatic rings. The monoisotopic (exact) mass is 430 g/mol. The molecule has 0 saturated heterocycles. The summed E-state index contributed by atoms with van der Waals surface area (Å²) in [6.07, 6.45) is 1.37. The van der Waals surface area contributed by atoms with Crippen molar-refractivity contribution >= 4 is 35.3 Å². The molecule has 0 atom stereocenters. The highest BCUT2D eigenvalue weighted by atomic mass is 16.5. The molecule has 3 aromatic rings. The maximum Gasteiger partial charge on any atom is 0.329 e. The third-order valence-corrected chi connectivity index (χ3v) is 4.15. The van der Waals surface area contributed by atoms with Gasteiger partial charge in [0, 0.05) is 11.4 Å². The fraction of sp³-hybridized carbons (Fsp3) is 0.0833. The molecule has 3 N–H and O–H groups in total. The first kappa shape index (κ1) is 22.2. The van der Waals surface area contributed by atoms with Gasteiger partial charge in [0.25, 0.3) is 5.91 Å². The minimum absolute atomic E-state index is 0.161. The van der Waals surface area contributed by atoms with Crippen LogP contribution in [0.2, 0.25) is 0 Å². The number of benzene rings is 3. The Labute approximate surface area is 185 Å². The summed E-state index contributed by atoms with van der Waals surface area (Å²) in [5.41, 5.74) is 4.96. The van der Waals surface area contributed by atoms with E-state index in [0.717, 1.165) is 5.56 Å². The van der Waals surface area contributed by atoms with E-state index in [0.29, 0.717) is 22.7 Å². The first-order valence-electron chi connectivity index (χ1n) is 9.78. The highest BCUT2D eigenvalue weighted by molar-refractivity contribution is 6.39. The van der Waals surface area contributed by atoms with Gasteiger partial charge in [0.1, 0.15) is 5.75 Å². The van der Waals surface area contributed by atoms with Gasteiger partial charge in [-0.2, -0.15) is 5.10 Å². The maximum atomic E-state index is 12.0. The van der Waals surface area contributed by atoms with Crippen molar-refractivity contribution in [1.29, 1.82) is 0 Å². The molecule has 3 amide bonds. The zero-order chi connectivity index (χ0) is 22.8. The first-order valence-corrected chi connectivity index (χ1v) is 9.78. The summed E-state index contributed by atoms with van der Waals surface area (Å²) in [7, 11) is 0. The molecule has 0 aromatic heterocycles. The number of nitrogens with zero attached hydrogens (tertiary/aromatic N) is 1. The molecule has 0 spiro atoms. The van der Waals surface area contributed by atoms with Crippen LogP contribution in [0.15, 0.2) is 84.0 Å². The minimum atomic E-state index is -0.896. The molecular weight excluding hydrogens is 408 g/mol. The normalized spacial score (nSPS) is 10.4. The Morgan fingerprint density at radius 3 is 2.38 bits per heavy atom. The van der Waals surface area contributed by atoms with Crippen LogP contribution in [0.1, 0.15) is 11.1 Å². The number of ether oxygens (including phenoxy) is 1. The molecule has 0 fully saturated rings. The van der Waals surface area contributed by atoms with Gasteiger partial charge in [-0.05, 0) is 54.4 Å². The maximum absolute atomic E-state index is 12.0. The van der Waals surface area contributed by atoms with Crippen LogP contribution in [0, 0.1) is 6.92 Å². The summed E-state index contributed by atoms with van der Waals surface area (Å²) in [5, 5.41) is 9.02.